The van der Waals surface area contributed by atoms with Crippen molar-refractivity contribution < 1.29 is 4.74 Å². The molecule has 0 unspecified atom stereocenters. The maximum absolute atomic E-state index is 6.00. The quantitative estimate of drug-likeness (QED) is 0.406. The van der Waals surface area contributed by atoms with Crippen molar-refractivity contribution in [1.82, 2.24) is 5.32 Å². The molecule has 5 heteroatoms. The Labute approximate surface area is 157 Å². The zero-order valence-corrected chi connectivity index (χ0v) is 16.6. The zero-order valence-electron chi connectivity index (χ0n) is 14.3. The van der Waals surface area contributed by atoms with Crippen LogP contribution in [0.3, 0.4) is 0 Å². The first kappa shape index (κ1) is 20.1. The molecule has 4 nitrogen and oxygen atoms in total. The average molecular weight is 431 g/mol. The Balaban J connectivity index is 0.00000264. The molecular weight excluding hydrogens is 401 g/mol. The van der Waals surface area contributed by atoms with Gasteiger partial charge in [0.25, 0.3) is 0 Å². The van der Waals surface area contributed by atoms with Crippen LogP contribution in [-0.2, 0) is 6.54 Å². The molecule has 1 saturated carbocycles. The Morgan fingerprint density at radius 3 is 2.74 bits per heavy atom. The molecule has 1 aromatic rings. The number of halogens is 1. The second kappa shape index (κ2) is 10.7. The first-order valence-electron chi connectivity index (χ1n) is 8.41. The van der Waals surface area contributed by atoms with E-state index in [1.54, 1.807) is 0 Å². The topological polar surface area (TPSA) is 59.6 Å². The van der Waals surface area contributed by atoms with E-state index in [2.05, 4.69) is 30.2 Å². The molecule has 0 atom stereocenters. The molecule has 1 fully saturated rings. The van der Waals surface area contributed by atoms with Crippen molar-refractivity contribution in [3.05, 3.63) is 29.8 Å². The van der Waals surface area contributed by atoms with Crippen LogP contribution in [0, 0.1) is 5.92 Å². The second-order valence-corrected chi connectivity index (χ2v) is 6.53. The van der Waals surface area contributed by atoms with Crippen LogP contribution in [0.25, 0.3) is 0 Å². The number of aliphatic imine (C=N–C) groups is 1. The van der Waals surface area contributed by atoms with Gasteiger partial charge in [-0.05, 0) is 36.5 Å². The highest BCUT2D eigenvalue weighted by atomic mass is 127. The summed E-state index contributed by atoms with van der Waals surface area (Å²) in [5.74, 6) is 1.98. The van der Waals surface area contributed by atoms with Crippen LogP contribution in [0.2, 0.25) is 0 Å². The summed E-state index contributed by atoms with van der Waals surface area (Å²) in [5, 5.41) is 3.34. The molecule has 0 saturated heterocycles. The van der Waals surface area contributed by atoms with Crippen molar-refractivity contribution >= 4 is 29.9 Å². The van der Waals surface area contributed by atoms with Crippen LogP contribution in [0.4, 0.5) is 0 Å². The van der Waals surface area contributed by atoms with E-state index in [0.29, 0.717) is 24.5 Å². The minimum absolute atomic E-state index is 0. The third-order valence-electron chi connectivity index (χ3n) is 3.87. The SMILES string of the molecule is CC(C)COc1cccc(CN=C(N)NC2CCCCC2)c1.I. The summed E-state index contributed by atoms with van der Waals surface area (Å²) in [4.78, 5) is 4.45. The lowest BCUT2D eigenvalue weighted by molar-refractivity contribution is 0.271. The fraction of sp³-hybridized carbons (Fsp3) is 0.611. The third-order valence-corrected chi connectivity index (χ3v) is 3.87. The van der Waals surface area contributed by atoms with E-state index in [1.165, 1.54) is 32.1 Å². The van der Waals surface area contributed by atoms with Gasteiger partial charge in [-0.3, -0.25) is 0 Å². The van der Waals surface area contributed by atoms with Gasteiger partial charge in [0.2, 0.25) is 0 Å². The number of hydrogen-bond donors (Lipinski definition) is 2. The van der Waals surface area contributed by atoms with Gasteiger partial charge < -0.3 is 15.8 Å². The minimum atomic E-state index is 0. The van der Waals surface area contributed by atoms with Crippen LogP contribution in [-0.4, -0.2) is 18.6 Å². The highest BCUT2D eigenvalue weighted by Gasteiger charge is 2.13. The molecule has 0 spiro atoms. The van der Waals surface area contributed by atoms with Crippen LogP contribution in [0.5, 0.6) is 5.75 Å². The number of nitrogens with one attached hydrogen (secondary N) is 1. The predicted octanol–water partition coefficient (Wildman–Crippen LogP) is 4.08. The fourth-order valence-corrected chi connectivity index (χ4v) is 2.67. The van der Waals surface area contributed by atoms with Crippen molar-refractivity contribution in [2.45, 2.75) is 58.5 Å². The van der Waals surface area contributed by atoms with Crippen molar-refractivity contribution in [2.24, 2.45) is 16.6 Å². The molecule has 0 amide bonds. The minimum Gasteiger partial charge on any atom is -0.493 e. The van der Waals surface area contributed by atoms with Gasteiger partial charge in [0.05, 0.1) is 13.2 Å². The van der Waals surface area contributed by atoms with Gasteiger partial charge in [0.1, 0.15) is 5.75 Å². The maximum atomic E-state index is 6.00. The molecule has 2 rings (SSSR count). The summed E-state index contributed by atoms with van der Waals surface area (Å²) in [6, 6.07) is 8.59. The zero-order chi connectivity index (χ0) is 15.8. The first-order valence-corrected chi connectivity index (χ1v) is 8.41. The van der Waals surface area contributed by atoms with E-state index in [0.717, 1.165) is 17.9 Å². The van der Waals surface area contributed by atoms with E-state index in [1.807, 2.05) is 18.2 Å². The van der Waals surface area contributed by atoms with E-state index in [-0.39, 0.29) is 24.0 Å². The summed E-state index contributed by atoms with van der Waals surface area (Å²) in [7, 11) is 0. The van der Waals surface area contributed by atoms with Gasteiger partial charge in [-0.1, -0.05) is 45.2 Å². The summed E-state index contributed by atoms with van der Waals surface area (Å²) in [5.41, 5.74) is 7.12. The number of hydrogen-bond acceptors (Lipinski definition) is 2. The summed E-state index contributed by atoms with van der Waals surface area (Å²) >= 11 is 0. The number of guanidine groups is 1. The van der Waals surface area contributed by atoms with Gasteiger partial charge in [0.15, 0.2) is 5.96 Å². The van der Waals surface area contributed by atoms with Gasteiger partial charge in [-0.2, -0.15) is 0 Å². The lowest BCUT2D eigenvalue weighted by Crippen LogP contribution is -2.41. The van der Waals surface area contributed by atoms with Gasteiger partial charge in [-0.25, -0.2) is 4.99 Å². The largest absolute Gasteiger partial charge is 0.493 e. The monoisotopic (exact) mass is 431 g/mol. The van der Waals surface area contributed by atoms with E-state index < -0.39 is 0 Å². The number of benzene rings is 1. The standard InChI is InChI=1S/C18H29N3O.HI/c1-14(2)13-22-17-10-6-7-15(11-17)12-20-18(19)21-16-8-4-3-5-9-16;/h6-7,10-11,14,16H,3-5,8-9,12-13H2,1-2H3,(H3,19,20,21);1H. The Morgan fingerprint density at radius 1 is 1.30 bits per heavy atom. The van der Waals surface area contributed by atoms with E-state index >= 15 is 0 Å². The molecular formula is C18H30IN3O. The highest BCUT2D eigenvalue weighted by Crippen LogP contribution is 2.17. The molecule has 0 aromatic heterocycles. The smallest absolute Gasteiger partial charge is 0.189 e. The van der Waals surface area contributed by atoms with Crippen molar-refractivity contribution in [3.63, 3.8) is 0 Å². The Hall–Kier alpha value is -0.980. The predicted molar refractivity (Wildman–Crippen MR) is 108 cm³/mol. The Morgan fingerprint density at radius 2 is 2.04 bits per heavy atom. The van der Waals surface area contributed by atoms with Gasteiger partial charge in [-0.15, -0.1) is 24.0 Å². The van der Waals surface area contributed by atoms with Gasteiger partial charge >= 0.3 is 0 Å². The molecule has 0 heterocycles. The Kier molecular flexibility index (Phi) is 9.36. The summed E-state index contributed by atoms with van der Waals surface area (Å²) < 4.78 is 5.74. The van der Waals surface area contributed by atoms with Crippen LogP contribution in [0.15, 0.2) is 29.3 Å². The lowest BCUT2D eigenvalue weighted by atomic mass is 9.96. The summed E-state index contributed by atoms with van der Waals surface area (Å²) in [6.07, 6.45) is 6.34. The van der Waals surface area contributed by atoms with Crippen molar-refractivity contribution in [2.75, 3.05) is 6.61 Å². The molecule has 0 bridgehead atoms. The number of nitrogens with two attached hydrogens (primary N) is 1. The third kappa shape index (κ3) is 7.90. The summed E-state index contributed by atoms with van der Waals surface area (Å²) in [6.45, 7) is 5.61. The molecule has 3 N–H and O–H groups in total. The lowest BCUT2D eigenvalue weighted by Gasteiger charge is -2.23. The number of rotatable bonds is 6. The first-order chi connectivity index (χ1) is 10.6. The van der Waals surface area contributed by atoms with Crippen LogP contribution < -0.4 is 15.8 Å². The Bertz CT molecular complexity index is 485. The number of ether oxygens (including phenoxy) is 1. The molecule has 23 heavy (non-hydrogen) atoms. The second-order valence-electron chi connectivity index (χ2n) is 6.53. The average Bonchev–Trinajstić information content (AvgIpc) is 2.52. The van der Waals surface area contributed by atoms with E-state index in [4.69, 9.17) is 10.5 Å². The highest BCUT2D eigenvalue weighted by molar-refractivity contribution is 14.0. The molecule has 0 radical (unpaired) electrons. The molecule has 1 aromatic carbocycles. The molecule has 0 aliphatic heterocycles. The van der Waals surface area contributed by atoms with Crippen LogP contribution in [0.1, 0.15) is 51.5 Å². The van der Waals surface area contributed by atoms with Crippen LogP contribution >= 0.6 is 24.0 Å². The van der Waals surface area contributed by atoms with Gasteiger partial charge in [0, 0.05) is 6.04 Å². The maximum Gasteiger partial charge on any atom is 0.189 e. The molecule has 1 aliphatic rings. The van der Waals surface area contributed by atoms with Crippen molar-refractivity contribution in [1.29, 1.82) is 0 Å². The van der Waals surface area contributed by atoms with E-state index in [9.17, 15) is 0 Å². The normalized spacial score (nSPS) is 16.0. The molecule has 130 valence electrons. The number of nitrogens with zero attached hydrogens (tertiary/aromatic N) is 1. The van der Waals surface area contributed by atoms with Crippen molar-refractivity contribution in [3.8, 4) is 5.75 Å². The fourth-order valence-electron chi connectivity index (χ4n) is 2.67. The molecule has 1 aliphatic carbocycles.